The molecule has 1 aliphatic carbocycles. The van der Waals surface area contributed by atoms with Crippen LogP contribution < -0.4 is 9.46 Å². The SMILES string of the molecule is COc1ccc(C(=O)OCC(=O)N(C)C(C)C)cc1S(=O)(=O)NC1CCCC1. The van der Waals surface area contributed by atoms with E-state index in [1.165, 1.54) is 30.2 Å². The molecule has 28 heavy (non-hydrogen) atoms. The fourth-order valence-corrected chi connectivity index (χ4v) is 4.44. The first-order chi connectivity index (χ1) is 13.2. The molecule has 1 N–H and O–H groups in total. The number of carbonyl (C=O) groups is 2. The maximum absolute atomic E-state index is 12.8. The van der Waals surface area contributed by atoms with Gasteiger partial charge in [0.25, 0.3) is 5.91 Å². The Morgan fingerprint density at radius 1 is 1.25 bits per heavy atom. The molecule has 0 heterocycles. The molecule has 0 radical (unpaired) electrons. The van der Waals surface area contributed by atoms with Gasteiger partial charge in [-0.25, -0.2) is 17.9 Å². The molecule has 0 aliphatic heterocycles. The van der Waals surface area contributed by atoms with Crippen LogP contribution in [0, 0.1) is 0 Å². The zero-order valence-electron chi connectivity index (χ0n) is 16.7. The molecule has 0 unspecified atom stereocenters. The van der Waals surface area contributed by atoms with Gasteiger partial charge in [-0.15, -0.1) is 0 Å². The number of rotatable bonds is 8. The molecule has 1 fully saturated rings. The van der Waals surface area contributed by atoms with E-state index in [2.05, 4.69) is 4.72 Å². The summed E-state index contributed by atoms with van der Waals surface area (Å²) in [4.78, 5) is 25.6. The van der Waals surface area contributed by atoms with Crippen LogP contribution in [-0.2, 0) is 19.6 Å². The molecule has 156 valence electrons. The van der Waals surface area contributed by atoms with Crippen LogP contribution in [0.1, 0.15) is 49.9 Å². The Hall–Kier alpha value is -2.13. The topological polar surface area (TPSA) is 102 Å². The molecule has 1 saturated carbocycles. The molecule has 0 spiro atoms. The molecule has 1 aliphatic rings. The quantitative estimate of drug-likeness (QED) is 0.655. The van der Waals surface area contributed by atoms with E-state index in [0.717, 1.165) is 25.7 Å². The highest BCUT2D eigenvalue weighted by atomic mass is 32.2. The van der Waals surface area contributed by atoms with Gasteiger partial charge in [0, 0.05) is 19.1 Å². The van der Waals surface area contributed by atoms with Crippen LogP contribution in [0.2, 0.25) is 0 Å². The maximum Gasteiger partial charge on any atom is 0.338 e. The van der Waals surface area contributed by atoms with E-state index in [1.807, 2.05) is 13.8 Å². The highest BCUT2D eigenvalue weighted by Crippen LogP contribution is 2.27. The lowest BCUT2D eigenvalue weighted by molar-refractivity contribution is -0.134. The second-order valence-electron chi connectivity index (χ2n) is 7.14. The fraction of sp³-hybridized carbons (Fsp3) is 0.579. The smallest absolute Gasteiger partial charge is 0.338 e. The maximum atomic E-state index is 12.8. The lowest BCUT2D eigenvalue weighted by Crippen LogP contribution is -2.36. The van der Waals surface area contributed by atoms with Gasteiger partial charge in [-0.1, -0.05) is 12.8 Å². The minimum Gasteiger partial charge on any atom is -0.495 e. The Labute approximate surface area is 166 Å². The number of likely N-dealkylation sites (N-methyl/N-ethyl adjacent to an activating group) is 1. The normalized spacial score (nSPS) is 14.9. The first kappa shape index (κ1) is 22.2. The summed E-state index contributed by atoms with van der Waals surface area (Å²) in [6.45, 7) is 3.28. The average Bonchev–Trinajstić information content (AvgIpc) is 3.16. The number of carbonyl (C=O) groups excluding carboxylic acids is 2. The van der Waals surface area contributed by atoms with Crippen molar-refractivity contribution in [2.24, 2.45) is 0 Å². The van der Waals surface area contributed by atoms with E-state index in [0.29, 0.717) is 0 Å². The van der Waals surface area contributed by atoms with Crippen LogP contribution in [0.3, 0.4) is 0 Å². The Morgan fingerprint density at radius 2 is 1.89 bits per heavy atom. The highest BCUT2D eigenvalue weighted by molar-refractivity contribution is 7.89. The average molecular weight is 413 g/mol. The van der Waals surface area contributed by atoms with E-state index in [1.54, 1.807) is 7.05 Å². The van der Waals surface area contributed by atoms with Crippen LogP contribution in [0.25, 0.3) is 0 Å². The van der Waals surface area contributed by atoms with Crippen LogP contribution in [-0.4, -0.2) is 58.0 Å². The summed E-state index contributed by atoms with van der Waals surface area (Å²) in [5.74, 6) is -0.976. The number of esters is 1. The molecule has 1 amide bonds. The van der Waals surface area contributed by atoms with E-state index in [4.69, 9.17) is 9.47 Å². The van der Waals surface area contributed by atoms with Crippen LogP contribution in [0.4, 0.5) is 0 Å². The highest BCUT2D eigenvalue weighted by Gasteiger charge is 2.27. The Kier molecular flexibility index (Phi) is 7.42. The molecule has 9 heteroatoms. The number of sulfonamides is 1. The first-order valence-corrected chi connectivity index (χ1v) is 10.8. The van der Waals surface area contributed by atoms with Crippen molar-refractivity contribution in [3.63, 3.8) is 0 Å². The van der Waals surface area contributed by atoms with E-state index in [-0.39, 0.29) is 34.2 Å². The fourth-order valence-electron chi connectivity index (χ4n) is 2.94. The van der Waals surface area contributed by atoms with Gasteiger partial charge in [0.1, 0.15) is 10.6 Å². The number of amides is 1. The van der Waals surface area contributed by atoms with Gasteiger partial charge in [0.2, 0.25) is 10.0 Å². The van der Waals surface area contributed by atoms with Gasteiger partial charge in [0.15, 0.2) is 6.61 Å². The summed E-state index contributed by atoms with van der Waals surface area (Å²) in [7, 11) is -0.874. The molecule has 2 rings (SSSR count). The molecule has 0 bridgehead atoms. The third-order valence-corrected chi connectivity index (χ3v) is 6.40. The van der Waals surface area contributed by atoms with Crippen molar-refractivity contribution in [2.75, 3.05) is 20.8 Å². The summed E-state index contributed by atoms with van der Waals surface area (Å²) in [5, 5.41) is 0. The zero-order valence-corrected chi connectivity index (χ0v) is 17.5. The minimum atomic E-state index is -3.86. The monoisotopic (exact) mass is 412 g/mol. The summed E-state index contributed by atoms with van der Waals surface area (Å²) in [6.07, 6.45) is 3.54. The molecular weight excluding hydrogens is 384 g/mol. The van der Waals surface area contributed by atoms with E-state index >= 15 is 0 Å². The number of hydrogen-bond acceptors (Lipinski definition) is 6. The molecule has 8 nitrogen and oxygen atoms in total. The predicted octanol–water partition coefficient (Wildman–Crippen LogP) is 1.94. The number of methoxy groups -OCH3 is 1. The third kappa shape index (κ3) is 5.45. The standard InChI is InChI=1S/C19H28N2O6S/c1-13(2)21(3)18(22)12-27-19(23)14-9-10-16(26-4)17(11-14)28(24,25)20-15-7-5-6-8-15/h9-11,13,15,20H,5-8,12H2,1-4H3. The van der Waals surface area contributed by atoms with Crippen molar-refractivity contribution in [3.8, 4) is 5.75 Å². The van der Waals surface area contributed by atoms with Crippen LogP contribution >= 0.6 is 0 Å². The first-order valence-electron chi connectivity index (χ1n) is 9.29. The van der Waals surface area contributed by atoms with Gasteiger partial charge in [-0.3, -0.25) is 4.79 Å². The van der Waals surface area contributed by atoms with Crippen molar-refractivity contribution < 1.29 is 27.5 Å². The molecule has 1 aromatic carbocycles. The Morgan fingerprint density at radius 3 is 2.46 bits per heavy atom. The summed E-state index contributed by atoms with van der Waals surface area (Å²) in [6, 6.07) is 3.89. The van der Waals surface area contributed by atoms with E-state index < -0.39 is 22.6 Å². The van der Waals surface area contributed by atoms with Crippen molar-refractivity contribution >= 4 is 21.9 Å². The van der Waals surface area contributed by atoms with Crippen molar-refractivity contribution in [1.82, 2.24) is 9.62 Å². The number of ether oxygens (including phenoxy) is 2. The molecule has 0 saturated heterocycles. The number of hydrogen-bond donors (Lipinski definition) is 1. The molecule has 1 aromatic rings. The van der Waals surface area contributed by atoms with Gasteiger partial charge >= 0.3 is 5.97 Å². The lowest BCUT2D eigenvalue weighted by atomic mass is 10.2. The second kappa shape index (κ2) is 9.38. The Bertz CT molecular complexity index is 816. The van der Waals surface area contributed by atoms with Gasteiger partial charge in [0.05, 0.1) is 12.7 Å². The van der Waals surface area contributed by atoms with Gasteiger partial charge in [-0.2, -0.15) is 0 Å². The molecule has 0 aromatic heterocycles. The summed E-state index contributed by atoms with van der Waals surface area (Å²) in [5.41, 5.74) is 0.0348. The number of nitrogens with zero attached hydrogens (tertiary/aromatic N) is 1. The van der Waals surface area contributed by atoms with Gasteiger partial charge < -0.3 is 14.4 Å². The zero-order chi connectivity index (χ0) is 20.9. The third-order valence-electron chi connectivity index (χ3n) is 4.86. The largest absolute Gasteiger partial charge is 0.495 e. The van der Waals surface area contributed by atoms with Crippen LogP contribution in [0.15, 0.2) is 23.1 Å². The number of nitrogens with one attached hydrogen (secondary N) is 1. The number of benzene rings is 1. The lowest BCUT2D eigenvalue weighted by Gasteiger charge is -2.21. The van der Waals surface area contributed by atoms with E-state index in [9.17, 15) is 18.0 Å². The predicted molar refractivity (Wildman–Crippen MR) is 104 cm³/mol. The molecular formula is C19H28N2O6S. The summed E-state index contributed by atoms with van der Waals surface area (Å²) < 4.78 is 38.4. The van der Waals surface area contributed by atoms with Crippen molar-refractivity contribution in [2.45, 2.75) is 56.5 Å². The van der Waals surface area contributed by atoms with Crippen molar-refractivity contribution in [3.05, 3.63) is 23.8 Å². The van der Waals surface area contributed by atoms with Crippen LogP contribution in [0.5, 0.6) is 5.75 Å². The van der Waals surface area contributed by atoms with Crippen molar-refractivity contribution in [1.29, 1.82) is 0 Å². The Balaban J connectivity index is 2.17. The molecule has 0 atom stereocenters. The summed E-state index contributed by atoms with van der Waals surface area (Å²) >= 11 is 0. The van der Waals surface area contributed by atoms with Gasteiger partial charge in [-0.05, 0) is 44.9 Å². The second-order valence-corrected chi connectivity index (χ2v) is 8.83. The minimum absolute atomic E-state index is 0.0226.